The largest absolute Gasteiger partial charge is 0.370 e. The van der Waals surface area contributed by atoms with E-state index in [1.807, 2.05) is 12.1 Å². The van der Waals surface area contributed by atoms with Gasteiger partial charge >= 0.3 is 0 Å². The minimum absolute atomic E-state index is 0.616. The van der Waals surface area contributed by atoms with Gasteiger partial charge in [0.15, 0.2) is 5.96 Å². The van der Waals surface area contributed by atoms with E-state index in [4.69, 9.17) is 17.3 Å². The van der Waals surface area contributed by atoms with E-state index in [9.17, 15) is 0 Å². The molecule has 6 heteroatoms. The Labute approximate surface area is 167 Å². The quantitative estimate of drug-likeness (QED) is 0.634. The summed E-state index contributed by atoms with van der Waals surface area (Å²) >= 11 is 5.97. The summed E-state index contributed by atoms with van der Waals surface area (Å²) in [4.78, 5) is 11.3. The Balaban J connectivity index is 1.54. The molecule has 27 heavy (non-hydrogen) atoms. The lowest BCUT2D eigenvalue weighted by Crippen LogP contribution is -2.51. The third-order valence-corrected chi connectivity index (χ3v) is 4.96. The van der Waals surface area contributed by atoms with Crippen LogP contribution in [0.1, 0.15) is 11.1 Å². The molecule has 3 rings (SSSR count). The smallest absolute Gasteiger partial charge is 0.191 e. The summed E-state index contributed by atoms with van der Waals surface area (Å²) in [5.74, 6) is 0.628. The van der Waals surface area contributed by atoms with Crippen molar-refractivity contribution in [1.82, 2.24) is 9.80 Å². The van der Waals surface area contributed by atoms with E-state index < -0.39 is 0 Å². The van der Waals surface area contributed by atoms with Gasteiger partial charge in [0.2, 0.25) is 0 Å². The average molecular weight is 386 g/mol. The number of halogens is 1. The van der Waals surface area contributed by atoms with E-state index in [2.05, 4.69) is 70.2 Å². The SMILES string of the molecule is CN(C)Cc1cccc(CN=C(N)N2CCN(c3ccc(Cl)cc3)CC2)c1. The number of aliphatic imine (C=N–C) groups is 1. The molecular formula is C21H28ClN5. The fourth-order valence-corrected chi connectivity index (χ4v) is 3.44. The van der Waals surface area contributed by atoms with Gasteiger partial charge in [-0.25, -0.2) is 4.99 Å². The van der Waals surface area contributed by atoms with Crippen LogP contribution in [-0.2, 0) is 13.1 Å². The van der Waals surface area contributed by atoms with Crippen molar-refractivity contribution < 1.29 is 0 Å². The molecule has 0 unspecified atom stereocenters. The highest BCUT2D eigenvalue weighted by Gasteiger charge is 2.18. The summed E-state index contributed by atoms with van der Waals surface area (Å²) in [6, 6.07) is 16.5. The average Bonchev–Trinajstić information content (AvgIpc) is 2.67. The molecule has 5 nitrogen and oxygen atoms in total. The second-order valence-electron chi connectivity index (χ2n) is 7.18. The van der Waals surface area contributed by atoms with Gasteiger partial charge in [0, 0.05) is 43.4 Å². The first kappa shape index (κ1) is 19.5. The second-order valence-corrected chi connectivity index (χ2v) is 7.62. The molecule has 0 aromatic heterocycles. The van der Waals surface area contributed by atoms with Gasteiger partial charge < -0.3 is 20.4 Å². The normalized spacial score (nSPS) is 15.5. The molecule has 1 aliphatic heterocycles. The number of nitrogens with two attached hydrogens (primary N) is 1. The van der Waals surface area contributed by atoms with Crippen molar-refractivity contribution in [3.05, 3.63) is 64.7 Å². The molecule has 0 saturated carbocycles. The van der Waals surface area contributed by atoms with E-state index in [0.717, 1.165) is 37.7 Å². The summed E-state index contributed by atoms with van der Waals surface area (Å²) in [6.45, 7) is 5.15. The van der Waals surface area contributed by atoms with E-state index >= 15 is 0 Å². The van der Waals surface area contributed by atoms with E-state index in [1.165, 1.54) is 16.8 Å². The second kappa shape index (κ2) is 9.11. The van der Waals surface area contributed by atoms with E-state index in [1.54, 1.807) is 0 Å². The van der Waals surface area contributed by atoms with Crippen molar-refractivity contribution >= 4 is 23.2 Å². The molecular weight excluding hydrogens is 358 g/mol. The molecule has 0 amide bonds. The summed E-state index contributed by atoms with van der Waals surface area (Å²) in [5.41, 5.74) is 9.94. The molecule has 1 aliphatic rings. The Hall–Kier alpha value is -2.24. The van der Waals surface area contributed by atoms with Gasteiger partial charge in [0.05, 0.1) is 6.54 Å². The summed E-state index contributed by atoms with van der Waals surface area (Å²) in [5, 5.41) is 0.767. The Bertz CT molecular complexity index is 764. The first-order chi connectivity index (χ1) is 13.0. The predicted molar refractivity (Wildman–Crippen MR) is 114 cm³/mol. The first-order valence-corrected chi connectivity index (χ1v) is 9.67. The number of hydrogen-bond acceptors (Lipinski definition) is 3. The van der Waals surface area contributed by atoms with Crippen molar-refractivity contribution in [2.75, 3.05) is 45.2 Å². The van der Waals surface area contributed by atoms with Crippen molar-refractivity contribution in [2.24, 2.45) is 10.7 Å². The monoisotopic (exact) mass is 385 g/mol. The van der Waals surface area contributed by atoms with E-state index in [-0.39, 0.29) is 0 Å². The fraction of sp³-hybridized carbons (Fsp3) is 0.381. The lowest BCUT2D eigenvalue weighted by Gasteiger charge is -2.36. The number of hydrogen-bond donors (Lipinski definition) is 1. The van der Waals surface area contributed by atoms with Crippen LogP contribution in [0.2, 0.25) is 5.02 Å². The Kier molecular flexibility index (Phi) is 6.58. The number of guanidine groups is 1. The highest BCUT2D eigenvalue weighted by molar-refractivity contribution is 6.30. The molecule has 1 fully saturated rings. The standard InChI is InChI=1S/C21H28ClN5/c1-25(2)16-18-5-3-4-17(14-18)15-24-21(23)27-12-10-26(11-13-27)20-8-6-19(22)7-9-20/h3-9,14H,10-13,15-16H2,1-2H3,(H2,23,24). The van der Waals surface area contributed by atoms with Crippen LogP contribution >= 0.6 is 11.6 Å². The fourth-order valence-electron chi connectivity index (χ4n) is 3.31. The van der Waals surface area contributed by atoms with Crippen molar-refractivity contribution in [1.29, 1.82) is 0 Å². The highest BCUT2D eigenvalue weighted by Crippen LogP contribution is 2.19. The first-order valence-electron chi connectivity index (χ1n) is 9.29. The minimum Gasteiger partial charge on any atom is -0.370 e. The lowest BCUT2D eigenvalue weighted by atomic mass is 10.1. The van der Waals surface area contributed by atoms with Gasteiger partial charge in [-0.05, 0) is 49.5 Å². The van der Waals surface area contributed by atoms with E-state index in [0.29, 0.717) is 12.5 Å². The predicted octanol–water partition coefficient (Wildman–Crippen LogP) is 3.04. The third-order valence-electron chi connectivity index (χ3n) is 4.71. The Morgan fingerprint density at radius 1 is 1.04 bits per heavy atom. The molecule has 2 aromatic carbocycles. The molecule has 0 atom stereocenters. The molecule has 2 N–H and O–H groups in total. The Morgan fingerprint density at radius 2 is 1.70 bits per heavy atom. The molecule has 1 heterocycles. The van der Waals surface area contributed by atoms with Crippen LogP contribution < -0.4 is 10.6 Å². The van der Waals surface area contributed by atoms with Crippen LogP contribution in [0, 0.1) is 0 Å². The summed E-state index contributed by atoms with van der Waals surface area (Å²) in [6.07, 6.45) is 0. The maximum absolute atomic E-state index is 6.25. The number of rotatable bonds is 5. The highest BCUT2D eigenvalue weighted by atomic mass is 35.5. The van der Waals surface area contributed by atoms with Crippen molar-refractivity contribution in [3.8, 4) is 0 Å². The van der Waals surface area contributed by atoms with Crippen molar-refractivity contribution in [3.63, 3.8) is 0 Å². The number of piperazine rings is 1. The summed E-state index contributed by atoms with van der Waals surface area (Å²) in [7, 11) is 4.15. The van der Waals surface area contributed by atoms with Crippen LogP contribution in [0.4, 0.5) is 5.69 Å². The number of nitrogens with zero attached hydrogens (tertiary/aromatic N) is 4. The van der Waals surface area contributed by atoms with Crippen molar-refractivity contribution in [2.45, 2.75) is 13.1 Å². The van der Waals surface area contributed by atoms with Gasteiger partial charge in [-0.2, -0.15) is 0 Å². The van der Waals surface area contributed by atoms with Gasteiger partial charge in [0.25, 0.3) is 0 Å². The molecule has 0 spiro atoms. The Morgan fingerprint density at radius 3 is 2.37 bits per heavy atom. The van der Waals surface area contributed by atoms with Gasteiger partial charge in [-0.3, -0.25) is 0 Å². The van der Waals surface area contributed by atoms with Crippen LogP contribution in [0.15, 0.2) is 53.5 Å². The molecule has 0 bridgehead atoms. The summed E-state index contributed by atoms with van der Waals surface area (Å²) < 4.78 is 0. The van der Waals surface area contributed by atoms with Crippen LogP contribution in [0.5, 0.6) is 0 Å². The topological polar surface area (TPSA) is 48.1 Å². The number of anilines is 1. The lowest BCUT2D eigenvalue weighted by molar-refractivity contribution is 0.380. The molecule has 2 aromatic rings. The zero-order chi connectivity index (χ0) is 19.2. The number of benzene rings is 2. The molecule has 0 aliphatic carbocycles. The minimum atomic E-state index is 0.616. The zero-order valence-corrected chi connectivity index (χ0v) is 16.9. The van der Waals surface area contributed by atoms with Crippen LogP contribution in [0.3, 0.4) is 0 Å². The molecule has 1 saturated heterocycles. The molecule has 0 radical (unpaired) electrons. The van der Waals surface area contributed by atoms with Crippen LogP contribution in [0.25, 0.3) is 0 Å². The van der Waals surface area contributed by atoms with Crippen LogP contribution in [-0.4, -0.2) is 56.0 Å². The third kappa shape index (κ3) is 5.62. The van der Waals surface area contributed by atoms with Gasteiger partial charge in [0.1, 0.15) is 0 Å². The van der Waals surface area contributed by atoms with Gasteiger partial charge in [-0.15, -0.1) is 0 Å². The molecule has 144 valence electrons. The zero-order valence-electron chi connectivity index (χ0n) is 16.1. The maximum atomic E-state index is 6.25. The maximum Gasteiger partial charge on any atom is 0.191 e. The van der Waals surface area contributed by atoms with Gasteiger partial charge in [-0.1, -0.05) is 35.9 Å².